The Kier molecular flexibility index (Phi) is 5.12. The van der Waals surface area contributed by atoms with E-state index in [0.29, 0.717) is 0 Å². The number of fused-ring (bicyclic) bond motifs is 8. The predicted molar refractivity (Wildman–Crippen MR) is 163 cm³/mol. The fourth-order valence-electron chi connectivity index (χ4n) is 6.50. The molecule has 4 aromatic carbocycles. The normalized spacial score (nSPS) is 12.1. The molecule has 0 unspecified atom stereocenters. The molecule has 188 valence electrons. The first-order valence-corrected chi connectivity index (χ1v) is 13.9. The van der Waals surface area contributed by atoms with E-state index in [1.165, 1.54) is 49.9 Å². The Morgan fingerprint density at radius 1 is 0.436 bits per heavy atom. The zero-order chi connectivity index (χ0) is 25.8. The quantitative estimate of drug-likeness (QED) is 0.222. The van der Waals surface area contributed by atoms with E-state index in [0.717, 1.165) is 59.0 Å². The average Bonchev–Trinajstić information content (AvgIpc) is 3.54. The number of nitrogens with zero attached hydrogens (tertiary/aromatic N) is 2. The molecule has 8 rings (SSSR count). The minimum Gasteiger partial charge on any atom is -0.339 e. The molecule has 39 heavy (non-hydrogen) atoms. The summed E-state index contributed by atoms with van der Waals surface area (Å²) >= 11 is 0. The van der Waals surface area contributed by atoms with Crippen LogP contribution in [0, 0.1) is 0 Å². The number of aromatic amines is 2. The van der Waals surface area contributed by atoms with Crippen LogP contribution in [-0.2, 0) is 12.8 Å². The van der Waals surface area contributed by atoms with Crippen molar-refractivity contribution in [3.8, 4) is 0 Å². The van der Waals surface area contributed by atoms with Gasteiger partial charge >= 0.3 is 0 Å². The number of aryl methyl sites for hydroxylation is 2. The molecule has 0 radical (unpaired) electrons. The number of rotatable bonds is 6. The summed E-state index contributed by atoms with van der Waals surface area (Å²) in [4.78, 5) is 17.1. The minimum atomic E-state index is 0.995. The molecule has 0 bridgehead atoms. The Balaban J connectivity index is 1.12. The summed E-state index contributed by atoms with van der Waals surface area (Å²) in [5.41, 5.74) is 9.27. The number of unbranched alkanes of at least 4 members (excludes halogenated alkanes) is 2. The minimum absolute atomic E-state index is 0.995. The van der Waals surface area contributed by atoms with Crippen molar-refractivity contribution in [1.82, 2.24) is 19.9 Å². The van der Waals surface area contributed by atoms with Crippen LogP contribution in [0.15, 0.2) is 97.1 Å². The second-order valence-corrected chi connectivity index (χ2v) is 10.6. The van der Waals surface area contributed by atoms with Gasteiger partial charge in [0, 0.05) is 43.4 Å². The van der Waals surface area contributed by atoms with Crippen LogP contribution < -0.4 is 0 Å². The molecule has 4 heteroatoms. The van der Waals surface area contributed by atoms with Crippen LogP contribution in [0.3, 0.4) is 0 Å². The third-order valence-corrected chi connectivity index (χ3v) is 8.25. The lowest BCUT2D eigenvalue weighted by Gasteiger charge is -2.11. The highest BCUT2D eigenvalue weighted by molar-refractivity contribution is 6.13. The van der Waals surface area contributed by atoms with Crippen molar-refractivity contribution in [3.63, 3.8) is 0 Å². The zero-order valence-electron chi connectivity index (χ0n) is 21.7. The Labute approximate surface area is 225 Å². The summed E-state index contributed by atoms with van der Waals surface area (Å²) in [7, 11) is 0. The first-order valence-electron chi connectivity index (χ1n) is 13.9. The molecule has 4 aromatic heterocycles. The maximum atomic E-state index is 4.97. The number of pyridine rings is 2. The van der Waals surface area contributed by atoms with Gasteiger partial charge in [0.1, 0.15) is 11.3 Å². The molecule has 0 saturated carbocycles. The number of benzene rings is 4. The largest absolute Gasteiger partial charge is 0.339 e. The van der Waals surface area contributed by atoms with Crippen molar-refractivity contribution in [2.75, 3.05) is 0 Å². The van der Waals surface area contributed by atoms with E-state index in [1.807, 2.05) is 0 Å². The van der Waals surface area contributed by atoms with Crippen LogP contribution >= 0.6 is 0 Å². The molecule has 4 nitrogen and oxygen atoms in total. The summed E-state index contributed by atoms with van der Waals surface area (Å²) in [6.45, 7) is 0. The summed E-state index contributed by atoms with van der Waals surface area (Å²) in [5.74, 6) is 0. The fraction of sp³-hybridized carbons (Fsp3) is 0.143. The highest BCUT2D eigenvalue weighted by Gasteiger charge is 2.16. The zero-order valence-corrected chi connectivity index (χ0v) is 21.7. The Hall–Kier alpha value is -4.70. The van der Waals surface area contributed by atoms with Gasteiger partial charge < -0.3 is 9.97 Å². The predicted octanol–water partition coefficient (Wildman–Crippen LogP) is 9.01. The standard InChI is InChI=1S/C35H28N4/c1(2-14-24-22-12-4-8-18-28(22)36-34-32(24)26-16-6-10-20-30(26)38-34)3-15-25-23-13-5-9-19-29(23)37-35-33(25)27-17-7-11-21-31(27)39-35/h4-13,16-21H,1-3,14-15H2,(H,36,38)(H,37,39). The van der Waals surface area contributed by atoms with E-state index < -0.39 is 0 Å². The third-order valence-electron chi connectivity index (χ3n) is 8.25. The van der Waals surface area contributed by atoms with Crippen molar-refractivity contribution < 1.29 is 0 Å². The van der Waals surface area contributed by atoms with Crippen molar-refractivity contribution in [1.29, 1.82) is 0 Å². The van der Waals surface area contributed by atoms with Crippen molar-refractivity contribution in [2.45, 2.75) is 32.1 Å². The van der Waals surface area contributed by atoms with Gasteiger partial charge in [-0.3, -0.25) is 0 Å². The highest BCUT2D eigenvalue weighted by atomic mass is 14.9. The number of aromatic nitrogens is 4. The molecule has 0 aliphatic carbocycles. The van der Waals surface area contributed by atoms with Gasteiger partial charge in [0.05, 0.1) is 11.0 Å². The van der Waals surface area contributed by atoms with Gasteiger partial charge in [0.2, 0.25) is 0 Å². The van der Waals surface area contributed by atoms with E-state index in [9.17, 15) is 0 Å². The third kappa shape index (κ3) is 3.59. The van der Waals surface area contributed by atoms with Crippen LogP contribution in [0.1, 0.15) is 30.4 Å². The monoisotopic (exact) mass is 504 g/mol. The molecular formula is C35H28N4. The fourth-order valence-corrected chi connectivity index (χ4v) is 6.50. The maximum Gasteiger partial charge on any atom is 0.139 e. The summed E-state index contributed by atoms with van der Waals surface area (Å²) in [5, 5.41) is 7.65. The summed E-state index contributed by atoms with van der Waals surface area (Å²) < 4.78 is 0. The molecule has 0 aliphatic heterocycles. The highest BCUT2D eigenvalue weighted by Crippen LogP contribution is 2.35. The Bertz CT molecular complexity index is 2010. The van der Waals surface area contributed by atoms with Gasteiger partial charge in [-0.1, -0.05) is 79.2 Å². The number of hydrogen-bond acceptors (Lipinski definition) is 2. The maximum absolute atomic E-state index is 4.97. The second-order valence-electron chi connectivity index (χ2n) is 10.6. The molecule has 0 aliphatic rings. The van der Waals surface area contributed by atoms with Crippen molar-refractivity contribution >= 4 is 65.7 Å². The van der Waals surface area contributed by atoms with Gasteiger partial charge in [-0.2, -0.15) is 0 Å². The first-order chi connectivity index (χ1) is 19.3. The molecule has 2 N–H and O–H groups in total. The van der Waals surface area contributed by atoms with E-state index >= 15 is 0 Å². The first kappa shape index (κ1) is 22.3. The number of hydrogen-bond donors (Lipinski definition) is 2. The van der Waals surface area contributed by atoms with Crippen molar-refractivity contribution in [3.05, 3.63) is 108 Å². The molecule has 0 saturated heterocycles. The smallest absolute Gasteiger partial charge is 0.139 e. The summed E-state index contributed by atoms with van der Waals surface area (Å²) in [6, 6.07) is 34.3. The molecular weight excluding hydrogens is 476 g/mol. The SMILES string of the molecule is c1ccc2c(CCCCCc3c4ccccc4nc4[nH]c5ccccc5c34)c3c(nc2c1)[nH]c1ccccc13. The van der Waals surface area contributed by atoms with Crippen LogP contribution in [0.5, 0.6) is 0 Å². The molecule has 8 aromatic rings. The molecule has 0 atom stereocenters. The number of nitrogens with one attached hydrogen (secondary N) is 2. The lowest BCUT2D eigenvalue weighted by molar-refractivity contribution is 0.684. The van der Waals surface area contributed by atoms with Gasteiger partial charge in [-0.05, 0) is 61.1 Å². The summed E-state index contributed by atoms with van der Waals surface area (Å²) in [6.07, 6.45) is 5.54. The van der Waals surface area contributed by atoms with Gasteiger partial charge in [0.25, 0.3) is 0 Å². The molecule has 0 amide bonds. The van der Waals surface area contributed by atoms with Gasteiger partial charge in [-0.25, -0.2) is 9.97 Å². The van der Waals surface area contributed by atoms with Crippen LogP contribution in [0.25, 0.3) is 65.7 Å². The Morgan fingerprint density at radius 2 is 0.846 bits per heavy atom. The molecule has 4 heterocycles. The lowest BCUT2D eigenvalue weighted by atomic mass is 9.95. The van der Waals surface area contributed by atoms with Crippen molar-refractivity contribution in [2.24, 2.45) is 0 Å². The Morgan fingerprint density at radius 3 is 1.33 bits per heavy atom. The number of para-hydroxylation sites is 4. The van der Waals surface area contributed by atoms with Gasteiger partial charge in [0.15, 0.2) is 0 Å². The van der Waals surface area contributed by atoms with E-state index in [-0.39, 0.29) is 0 Å². The lowest BCUT2D eigenvalue weighted by Crippen LogP contribution is -1.95. The number of H-pyrrole nitrogens is 2. The van der Waals surface area contributed by atoms with Crippen LogP contribution in [-0.4, -0.2) is 19.9 Å². The van der Waals surface area contributed by atoms with Gasteiger partial charge in [-0.15, -0.1) is 0 Å². The van der Waals surface area contributed by atoms with E-state index in [4.69, 9.17) is 9.97 Å². The molecule has 0 fully saturated rings. The average molecular weight is 505 g/mol. The van der Waals surface area contributed by atoms with E-state index in [2.05, 4.69) is 107 Å². The van der Waals surface area contributed by atoms with E-state index in [1.54, 1.807) is 0 Å². The molecule has 0 spiro atoms. The van der Waals surface area contributed by atoms with Crippen LogP contribution in [0.4, 0.5) is 0 Å². The van der Waals surface area contributed by atoms with Crippen LogP contribution in [0.2, 0.25) is 0 Å². The second kappa shape index (κ2) is 8.95. The topological polar surface area (TPSA) is 57.4 Å².